The molecule has 3 N–H and O–H groups in total. The van der Waals surface area contributed by atoms with Crippen LogP contribution in [0.2, 0.25) is 0 Å². The van der Waals surface area contributed by atoms with E-state index in [9.17, 15) is 13.8 Å². The maximum Gasteiger partial charge on any atom is 0.321 e. The molecule has 100 valence electrons. The van der Waals surface area contributed by atoms with Gasteiger partial charge in [-0.15, -0.1) is 0 Å². The van der Waals surface area contributed by atoms with E-state index in [2.05, 4.69) is 16.0 Å². The predicted molar refractivity (Wildman–Crippen MR) is 68.2 cm³/mol. The van der Waals surface area contributed by atoms with Gasteiger partial charge in [0.15, 0.2) is 0 Å². The van der Waals surface area contributed by atoms with Crippen LogP contribution in [0, 0.1) is 0 Å². The quantitative estimate of drug-likeness (QED) is 0.582. The third kappa shape index (κ3) is 7.87. The average molecular weight is 263 g/mol. The number of carbonyl (C=O) groups excluding carboxylic acids is 2. The molecular weight excluding hydrogens is 242 g/mol. The summed E-state index contributed by atoms with van der Waals surface area (Å²) in [4.78, 5) is 22.5. The molecule has 0 aromatic rings. The lowest BCUT2D eigenvalue weighted by atomic mass is 10.3. The van der Waals surface area contributed by atoms with E-state index in [1.165, 1.54) is 0 Å². The van der Waals surface area contributed by atoms with Gasteiger partial charge in [0.2, 0.25) is 5.91 Å². The van der Waals surface area contributed by atoms with E-state index in [0.717, 1.165) is 0 Å². The molecule has 2 atom stereocenters. The van der Waals surface area contributed by atoms with Crippen LogP contribution in [0.1, 0.15) is 20.8 Å². The molecule has 7 heteroatoms. The molecule has 0 saturated carbocycles. The maximum atomic E-state index is 11.5. The summed E-state index contributed by atoms with van der Waals surface area (Å²) in [6, 6.07) is -0.977. The molecule has 0 fully saturated rings. The molecule has 0 aliphatic heterocycles. The minimum atomic E-state index is -0.844. The lowest BCUT2D eigenvalue weighted by Gasteiger charge is -2.13. The largest absolute Gasteiger partial charge is 0.338 e. The predicted octanol–water partition coefficient (Wildman–Crippen LogP) is -0.421. The lowest BCUT2D eigenvalue weighted by molar-refractivity contribution is -0.121. The van der Waals surface area contributed by atoms with E-state index in [0.29, 0.717) is 24.6 Å². The van der Waals surface area contributed by atoms with Crippen molar-refractivity contribution in [3.05, 3.63) is 0 Å². The second kappa shape index (κ2) is 9.12. The monoisotopic (exact) mass is 263 g/mol. The fourth-order valence-corrected chi connectivity index (χ4v) is 1.69. The Morgan fingerprint density at radius 2 is 1.94 bits per heavy atom. The molecule has 0 rings (SSSR count). The minimum absolute atomic E-state index is 0.391. The number of hydrogen-bond acceptors (Lipinski definition) is 4. The minimum Gasteiger partial charge on any atom is -0.338 e. The summed E-state index contributed by atoms with van der Waals surface area (Å²) >= 11 is 0. The van der Waals surface area contributed by atoms with Crippen LogP contribution in [-0.4, -0.2) is 46.8 Å². The van der Waals surface area contributed by atoms with Crippen LogP contribution >= 0.6 is 0 Å². The fraction of sp³-hybridized carbons (Fsp3) is 0.800. The van der Waals surface area contributed by atoms with Crippen LogP contribution in [0.25, 0.3) is 0 Å². The molecule has 0 aromatic heterocycles. The Morgan fingerprint density at radius 1 is 1.29 bits per heavy atom. The smallest absolute Gasteiger partial charge is 0.321 e. The Hall–Kier alpha value is -0.950. The molecule has 0 heterocycles. The second-order valence-corrected chi connectivity index (χ2v) is 5.32. The first kappa shape index (κ1) is 16.1. The molecule has 0 aliphatic rings. The number of rotatable bonds is 7. The zero-order valence-electron chi connectivity index (χ0n) is 10.5. The average Bonchev–Trinajstić information content (AvgIpc) is 2.28. The van der Waals surface area contributed by atoms with Crippen molar-refractivity contribution in [2.24, 2.45) is 0 Å². The highest BCUT2D eigenvalue weighted by Gasteiger charge is 2.14. The summed E-state index contributed by atoms with van der Waals surface area (Å²) in [5.41, 5.74) is 0. The summed E-state index contributed by atoms with van der Waals surface area (Å²) in [6.45, 7) is 6.23. The molecular formula is C10H21N3O3S. The number of urea groups is 1. The number of hydrogen-bond donors (Lipinski definition) is 3. The molecule has 6 nitrogen and oxygen atoms in total. The van der Waals surface area contributed by atoms with E-state index in [1.54, 1.807) is 13.8 Å². The van der Waals surface area contributed by atoms with Crippen molar-refractivity contribution in [1.29, 1.82) is 0 Å². The van der Waals surface area contributed by atoms with Gasteiger partial charge in [-0.1, -0.05) is 6.92 Å². The standard InChI is InChI=1S/C10H21N3O3S/c1-4-11-10(15)13-9(14)8(3)12-6-7-17(16)5-2/h8,12H,4-7H2,1-3H3,(H2,11,13,14,15). The third-order valence-electron chi connectivity index (χ3n) is 2.07. The van der Waals surface area contributed by atoms with Crippen molar-refractivity contribution in [3.63, 3.8) is 0 Å². The summed E-state index contributed by atoms with van der Waals surface area (Å²) in [6.07, 6.45) is 0. The van der Waals surface area contributed by atoms with E-state index in [4.69, 9.17) is 0 Å². The van der Waals surface area contributed by atoms with Crippen LogP contribution in [0.4, 0.5) is 4.79 Å². The van der Waals surface area contributed by atoms with Crippen molar-refractivity contribution >= 4 is 22.7 Å². The van der Waals surface area contributed by atoms with Crippen molar-refractivity contribution in [2.45, 2.75) is 26.8 Å². The highest BCUT2D eigenvalue weighted by Crippen LogP contribution is 1.84. The topological polar surface area (TPSA) is 87.3 Å². The van der Waals surface area contributed by atoms with E-state index < -0.39 is 28.8 Å². The first-order valence-corrected chi connectivity index (χ1v) is 7.17. The molecule has 3 amide bonds. The number of imide groups is 1. The number of carbonyl (C=O) groups is 2. The lowest BCUT2D eigenvalue weighted by Crippen LogP contribution is -2.48. The van der Waals surface area contributed by atoms with E-state index in [1.807, 2.05) is 6.92 Å². The highest BCUT2D eigenvalue weighted by molar-refractivity contribution is 7.84. The van der Waals surface area contributed by atoms with Crippen molar-refractivity contribution in [3.8, 4) is 0 Å². The molecule has 0 aromatic carbocycles. The summed E-state index contributed by atoms with van der Waals surface area (Å²) in [7, 11) is -0.844. The van der Waals surface area contributed by atoms with Gasteiger partial charge in [0.25, 0.3) is 0 Å². The summed E-state index contributed by atoms with van der Waals surface area (Å²) < 4.78 is 11.1. The van der Waals surface area contributed by atoms with Crippen molar-refractivity contribution in [1.82, 2.24) is 16.0 Å². The Balaban J connectivity index is 3.82. The van der Waals surface area contributed by atoms with Gasteiger partial charge < -0.3 is 10.6 Å². The molecule has 2 unspecified atom stereocenters. The van der Waals surface area contributed by atoms with Gasteiger partial charge in [-0.25, -0.2) is 4.79 Å². The molecule has 0 bridgehead atoms. The zero-order valence-corrected chi connectivity index (χ0v) is 11.4. The third-order valence-corrected chi connectivity index (χ3v) is 3.37. The van der Waals surface area contributed by atoms with Crippen molar-refractivity contribution in [2.75, 3.05) is 24.6 Å². The fourth-order valence-electron chi connectivity index (χ4n) is 1.05. The second-order valence-electron chi connectivity index (χ2n) is 3.46. The number of amides is 3. The van der Waals surface area contributed by atoms with Crippen LogP contribution in [0.3, 0.4) is 0 Å². The highest BCUT2D eigenvalue weighted by atomic mass is 32.2. The normalized spacial score (nSPS) is 13.8. The van der Waals surface area contributed by atoms with Gasteiger partial charge in [-0.05, 0) is 13.8 Å². The first-order valence-electron chi connectivity index (χ1n) is 5.68. The maximum absolute atomic E-state index is 11.5. The summed E-state index contributed by atoms with van der Waals surface area (Å²) in [5.74, 6) is 0.731. The van der Waals surface area contributed by atoms with E-state index >= 15 is 0 Å². The van der Waals surface area contributed by atoms with Crippen LogP contribution in [-0.2, 0) is 15.6 Å². The summed E-state index contributed by atoms with van der Waals surface area (Å²) in [5, 5.41) is 7.58. The zero-order chi connectivity index (χ0) is 13.3. The molecule has 0 aliphatic carbocycles. The van der Waals surface area contributed by atoms with Crippen LogP contribution in [0.15, 0.2) is 0 Å². The van der Waals surface area contributed by atoms with Gasteiger partial charge in [-0.3, -0.25) is 14.3 Å². The Morgan fingerprint density at radius 3 is 2.47 bits per heavy atom. The SMILES string of the molecule is CCNC(=O)NC(=O)C(C)NCCS(=O)CC. The van der Waals surface area contributed by atoms with Gasteiger partial charge in [0, 0.05) is 35.4 Å². The molecule has 0 spiro atoms. The Bertz CT molecular complexity index is 284. The Kier molecular flexibility index (Phi) is 8.61. The van der Waals surface area contributed by atoms with Gasteiger partial charge >= 0.3 is 6.03 Å². The van der Waals surface area contributed by atoms with E-state index in [-0.39, 0.29) is 0 Å². The van der Waals surface area contributed by atoms with Gasteiger partial charge in [-0.2, -0.15) is 0 Å². The molecule has 17 heavy (non-hydrogen) atoms. The Labute approximate surface area is 104 Å². The van der Waals surface area contributed by atoms with Gasteiger partial charge in [0.05, 0.1) is 6.04 Å². The van der Waals surface area contributed by atoms with Crippen molar-refractivity contribution < 1.29 is 13.8 Å². The van der Waals surface area contributed by atoms with Crippen LogP contribution in [0.5, 0.6) is 0 Å². The molecule has 0 saturated heterocycles. The number of nitrogens with one attached hydrogen (secondary N) is 3. The first-order chi connectivity index (χ1) is 8.01. The van der Waals surface area contributed by atoms with Crippen LogP contribution < -0.4 is 16.0 Å². The van der Waals surface area contributed by atoms with Gasteiger partial charge in [0.1, 0.15) is 0 Å². The molecule has 0 radical (unpaired) electrons.